The van der Waals surface area contributed by atoms with E-state index in [2.05, 4.69) is 18.2 Å². The number of hydrogen-bond acceptors (Lipinski definition) is 2. The predicted molar refractivity (Wildman–Crippen MR) is 71.3 cm³/mol. The summed E-state index contributed by atoms with van der Waals surface area (Å²) >= 11 is 0. The van der Waals surface area contributed by atoms with Crippen molar-refractivity contribution < 1.29 is 9.47 Å². The number of ether oxygens (including phenoxy) is 2. The lowest BCUT2D eigenvalue weighted by molar-refractivity contribution is 0.231. The number of fused-ring (bicyclic) bond motifs is 1. The lowest BCUT2D eigenvalue weighted by Gasteiger charge is -2.13. The first-order valence-electron chi connectivity index (χ1n) is 6.23. The third-order valence-electron chi connectivity index (χ3n) is 3.35. The zero-order valence-electron chi connectivity index (χ0n) is 10.4. The molecule has 0 aromatic heterocycles. The highest BCUT2D eigenvalue weighted by Crippen LogP contribution is 2.31. The average molecular weight is 240 g/mol. The van der Waals surface area contributed by atoms with E-state index in [-0.39, 0.29) is 6.10 Å². The van der Waals surface area contributed by atoms with Crippen molar-refractivity contribution in [3.63, 3.8) is 0 Å². The van der Waals surface area contributed by atoms with Gasteiger partial charge < -0.3 is 9.47 Å². The molecule has 2 heteroatoms. The van der Waals surface area contributed by atoms with Gasteiger partial charge in [-0.2, -0.15) is 0 Å². The van der Waals surface area contributed by atoms with E-state index < -0.39 is 0 Å². The van der Waals surface area contributed by atoms with Gasteiger partial charge in [0.05, 0.1) is 7.11 Å². The first-order chi connectivity index (χ1) is 8.86. The van der Waals surface area contributed by atoms with Crippen LogP contribution in [0.25, 0.3) is 0 Å². The lowest BCUT2D eigenvalue weighted by Crippen LogP contribution is -2.16. The largest absolute Gasteiger partial charge is 0.496 e. The predicted octanol–water partition coefficient (Wildman–Crippen LogP) is 3.24. The van der Waals surface area contributed by atoms with Gasteiger partial charge in [-0.15, -0.1) is 0 Å². The van der Waals surface area contributed by atoms with E-state index in [1.807, 2.05) is 30.3 Å². The summed E-state index contributed by atoms with van der Waals surface area (Å²) in [6, 6.07) is 16.4. The van der Waals surface area contributed by atoms with Crippen LogP contribution in [0.2, 0.25) is 0 Å². The van der Waals surface area contributed by atoms with Crippen LogP contribution in [0.4, 0.5) is 0 Å². The van der Waals surface area contributed by atoms with E-state index in [0.717, 1.165) is 24.3 Å². The molecule has 1 aliphatic rings. The van der Waals surface area contributed by atoms with Crippen molar-refractivity contribution in [1.82, 2.24) is 0 Å². The Morgan fingerprint density at radius 3 is 2.72 bits per heavy atom. The second-order valence-corrected chi connectivity index (χ2v) is 4.57. The normalized spacial score (nSPS) is 17.1. The third kappa shape index (κ3) is 2.06. The Bertz CT molecular complexity index is 523. The van der Waals surface area contributed by atoms with Crippen molar-refractivity contribution in [3.8, 4) is 11.5 Å². The fourth-order valence-electron chi connectivity index (χ4n) is 2.48. The van der Waals surface area contributed by atoms with Crippen LogP contribution in [0.15, 0.2) is 48.5 Å². The molecule has 0 N–H and O–H groups in total. The Morgan fingerprint density at radius 1 is 1.11 bits per heavy atom. The summed E-state index contributed by atoms with van der Waals surface area (Å²) in [5.41, 5.74) is 2.51. The van der Waals surface area contributed by atoms with Crippen LogP contribution in [-0.2, 0) is 12.8 Å². The molecule has 0 bridgehead atoms. The highest BCUT2D eigenvalue weighted by molar-refractivity contribution is 5.39. The molecule has 1 aliphatic heterocycles. The van der Waals surface area contributed by atoms with Gasteiger partial charge >= 0.3 is 0 Å². The SMILES string of the molecule is COc1ccccc1CC1Cc2ccccc2O1. The topological polar surface area (TPSA) is 18.5 Å². The van der Waals surface area contributed by atoms with Gasteiger partial charge in [-0.05, 0) is 23.3 Å². The molecule has 2 nitrogen and oxygen atoms in total. The van der Waals surface area contributed by atoms with Gasteiger partial charge in [0, 0.05) is 12.8 Å². The van der Waals surface area contributed by atoms with Crippen molar-refractivity contribution in [2.45, 2.75) is 18.9 Å². The van der Waals surface area contributed by atoms with E-state index >= 15 is 0 Å². The first kappa shape index (κ1) is 11.1. The second-order valence-electron chi connectivity index (χ2n) is 4.57. The molecule has 18 heavy (non-hydrogen) atoms. The maximum atomic E-state index is 5.95. The molecule has 0 fully saturated rings. The van der Waals surface area contributed by atoms with E-state index in [1.165, 1.54) is 11.1 Å². The molecule has 0 aliphatic carbocycles. The summed E-state index contributed by atoms with van der Waals surface area (Å²) in [5, 5.41) is 0. The smallest absolute Gasteiger partial charge is 0.123 e. The fraction of sp³-hybridized carbons (Fsp3) is 0.250. The van der Waals surface area contributed by atoms with Crippen LogP contribution < -0.4 is 9.47 Å². The Balaban J connectivity index is 1.76. The van der Waals surface area contributed by atoms with Gasteiger partial charge in [-0.25, -0.2) is 0 Å². The maximum absolute atomic E-state index is 5.95. The molecule has 0 saturated heterocycles. The minimum absolute atomic E-state index is 0.221. The molecule has 92 valence electrons. The van der Waals surface area contributed by atoms with E-state index in [1.54, 1.807) is 7.11 Å². The molecular weight excluding hydrogens is 224 g/mol. The average Bonchev–Trinajstić information content (AvgIpc) is 2.81. The minimum Gasteiger partial charge on any atom is -0.496 e. The summed E-state index contributed by atoms with van der Waals surface area (Å²) in [6.07, 6.45) is 2.09. The molecule has 0 saturated carbocycles. The molecule has 1 atom stereocenters. The standard InChI is InChI=1S/C16H16O2/c1-17-15-8-4-2-6-12(15)10-14-11-13-7-3-5-9-16(13)18-14/h2-9,14H,10-11H2,1H3. The fourth-order valence-corrected chi connectivity index (χ4v) is 2.48. The molecule has 2 aromatic carbocycles. The molecule has 3 rings (SSSR count). The minimum atomic E-state index is 0.221. The van der Waals surface area contributed by atoms with Gasteiger partial charge in [0.25, 0.3) is 0 Å². The summed E-state index contributed by atoms with van der Waals surface area (Å²) < 4.78 is 11.3. The Hall–Kier alpha value is -1.96. The van der Waals surface area contributed by atoms with Crippen LogP contribution >= 0.6 is 0 Å². The van der Waals surface area contributed by atoms with Gasteiger partial charge in [0.2, 0.25) is 0 Å². The maximum Gasteiger partial charge on any atom is 0.123 e. The zero-order valence-corrected chi connectivity index (χ0v) is 10.4. The van der Waals surface area contributed by atoms with Crippen molar-refractivity contribution in [2.24, 2.45) is 0 Å². The van der Waals surface area contributed by atoms with Crippen LogP contribution in [0.5, 0.6) is 11.5 Å². The summed E-state index contributed by atoms with van der Waals surface area (Å²) in [5.74, 6) is 1.97. The number of rotatable bonds is 3. The molecule has 2 aromatic rings. The molecular formula is C16H16O2. The van der Waals surface area contributed by atoms with Gasteiger partial charge in [0.1, 0.15) is 17.6 Å². The molecule has 1 unspecified atom stereocenters. The number of para-hydroxylation sites is 2. The quantitative estimate of drug-likeness (QED) is 0.820. The Labute approximate surface area is 107 Å². The summed E-state index contributed by atoms with van der Waals surface area (Å²) in [4.78, 5) is 0. The third-order valence-corrected chi connectivity index (χ3v) is 3.35. The van der Waals surface area contributed by atoms with Crippen molar-refractivity contribution in [2.75, 3.05) is 7.11 Å². The van der Waals surface area contributed by atoms with Gasteiger partial charge in [-0.1, -0.05) is 36.4 Å². The van der Waals surface area contributed by atoms with Crippen molar-refractivity contribution >= 4 is 0 Å². The highest BCUT2D eigenvalue weighted by atomic mass is 16.5. The van der Waals surface area contributed by atoms with Gasteiger partial charge in [-0.3, -0.25) is 0 Å². The molecule has 0 amide bonds. The summed E-state index contributed by atoms with van der Waals surface area (Å²) in [7, 11) is 1.71. The molecule has 1 heterocycles. The van der Waals surface area contributed by atoms with E-state index in [4.69, 9.17) is 9.47 Å². The Morgan fingerprint density at radius 2 is 1.89 bits per heavy atom. The van der Waals surface area contributed by atoms with Crippen molar-refractivity contribution in [3.05, 3.63) is 59.7 Å². The first-order valence-corrected chi connectivity index (χ1v) is 6.23. The van der Waals surface area contributed by atoms with Crippen molar-refractivity contribution in [1.29, 1.82) is 0 Å². The van der Waals surface area contributed by atoms with Crippen LogP contribution in [-0.4, -0.2) is 13.2 Å². The van der Waals surface area contributed by atoms with Crippen LogP contribution in [0, 0.1) is 0 Å². The van der Waals surface area contributed by atoms with Gasteiger partial charge in [0.15, 0.2) is 0 Å². The zero-order chi connectivity index (χ0) is 12.4. The van der Waals surface area contributed by atoms with E-state index in [9.17, 15) is 0 Å². The number of methoxy groups -OCH3 is 1. The highest BCUT2D eigenvalue weighted by Gasteiger charge is 2.23. The lowest BCUT2D eigenvalue weighted by atomic mass is 10.0. The summed E-state index contributed by atoms with van der Waals surface area (Å²) in [6.45, 7) is 0. The molecule has 0 radical (unpaired) electrons. The monoisotopic (exact) mass is 240 g/mol. The van der Waals surface area contributed by atoms with Crippen LogP contribution in [0.1, 0.15) is 11.1 Å². The second kappa shape index (κ2) is 4.73. The van der Waals surface area contributed by atoms with Crippen LogP contribution in [0.3, 0.4) is 0 Å². The number of benzene rings is 2. The van der Waals surface area contributed by atoms with E-state index in [0.29, 0.717) is 0 Å². The Kier molecular flexibility index (Phi) is 2.93. The molecule has 0 spiro atoms. The number of hydrogen-bond donors (Lipinski definition) is 0.